The van der Waals surface area contributed by atoms with Crippen molar-refractivity contribution in [2.45, 2.75) is 31.0 Å². The number of hydrogen-bond acceptors (Lipinski definition) is 6. The van der Waals surface area contributed by atoms with Crippen LogP contribution in [0.25, 0.3) is 0 Å². The van der Waals surface area contributed by atoms with Crippen LogP contribution < -0.4 is 9.62 Å². The topological polar surface area (TPSA) is 112 Å². The van der Waals surface area contributed by atoms with E-state index in [2.05, 4.69) is 9.97 Å². The predicted molar refractivity (Wildman–Crippen MR) is 95.4 cm³/mol. The van der Waals surface area contributed by atoms with Gasteiger partial charge in [-0.2, -0.15) is 0 Å². The first-order chi connectivity index (χ1) is 12.1. The van der Waals surface area contributed by atoms with Crippen molar-refractivity contribution in [2.24, 2.45) is 0 Å². The SMILES string of the molecule is Cc1ccnc(N(C)C(=O)NS(=O)(=O)c2cccpc2[C@@H](O)[C@H](C)F)n1. The number of halogens is 1. The van der Waals surface area contributed by atoms with Crippen LogP contribution in [0.1, 0.15) is 24.0 Å². The smallest absolute Gasteiger partial charge is 0.337 e. The second-order valence-electron chi connectivity index (χ2n) is 5.48. The average Bonchev–Trinajstić information content (AvgIpc) is 2.59. The number of amides is 2. The number of sulfonamides is 1. The minimum absolute atomic E-state index is 0.0231. The molecule has 0 saturated heterocycles. The fourth-order valence-electron chi connectivity index (χ4n) is 2.00. The Bertz CT molecular complexity index is 910. The molecule has 2 rings (SSSR count). The molecular weight excluding hydrogens is 382 g/mol. The molecule has 8 nitrogen and oxygen atoms in total. The van der Waals surface area contributed by atoms with Crippen molar-refractivity contribution in [3.63, 3.8) is 0 Å². The number of nitrogens with one attached hydrogen (secondary N) is 1. The van der Waals surface area contributed by atoms with E-state index in [1.807, 2.05) is 4.72 Å². The summed E-state index contributed by atoms with van der Waals surface area (Å²) in [6, 6.07) is 3.30. The molecule has 2 N–H and O–H groups in total. The Morgan fingerprint density at radius 3 is 2.73 bits per heavy atom. The van der Waals surface area contributed by atoms with Crippen LogP contribution in [0.15, 0.2) is 35.1 Å². The Hall–Kier alpha value is -2.16. The molecule has 0 bridgehead atoms. The zero-order valence-corrected chi connectivity index (χ0v) is 16.0. The molecule has 0 saturated carbocycles. The lowest BCUT2D eigenvalue weighted by Gasteiger charge is -2.19. The Morgan fingerprint density at radius 1 is 1.42 bits per heavy atom. The van der Waals surface area contributed by atoms with Gasteiger partial charge in [-0.25, -0.2) is 32.3 Å². The predicted octanol–water partition coefficient (Wildman–Crippen LogP) is 2.29. The molecule has 11 heteroatoms. The molecule has 140 valence electrons. The number of alkyl halides is 1. The summed E-state index contributed by atoms with van der Waals surface area (Å²) < 4.78 is 40.5. The molecule has 2 aromatic heterocycles. The first kappa shape index (κ1) is 20.2. The van der Waals surface area contributed by atoms with Crippen molar-refractivity contribution in [3.05, 3.63) is 41.2 Å². The van der Waals surface area contributed by atoms with Crippen molar-refractivity contribution in [3.8, 4) is 0 Å². The van der Waals surface area contributed by atoms with Gasteiger partial charge in [0.1, 0.15) is 12.3 Å². The van der Waals surface area contributed by atoms with Gasteiger partial charge >= 0.3 is 6.03 Å². The van der Waals surface area contributed by atoms with Crippen LogP contribution in [0.3, 0.4) is 0 Å². The molecule has 0 unspecified atom stereocenters. The fraction of sp³-hybridized carbons (Fsp3) is 0.333. The number of carbonyl (C=O) groups is 1. The second-order valence-corrected chi connectivity index (χ2v) is 8.17. The summed E-state index contributed by atoms with van der Waals surface area (Å²) >= 11 is 0. The summed E-state index contributed by atoms with van der Waals surface area (Å²) in [6.45, 7) is 2.82. The lowest BCUT2D eigenvalue weighted by Crippen LogP contribution is -2.41. The maximum Gasteiger partial charge on any atom is 0.337 e. The summed E-state index contributed by atoms with van der Waals surface area (Å²) in [7, 11) is -2.68. The summed E-state index contributed by atoms with van der Waals surface area (Å²) in [5.74, 6) is 1.59. The highest BCUT2D eigenvalue weighted by Crippen LogP contribution is 2.32. The number of aryl methyl sites for hydroxylation is 1. The maximum absolute atomic E-state index is 13.5. The summed E-state index contributed by atoms with van der Waals surface area (Å²) in [5.41, 5.74) is 0.604. The zero-order valence-electron chi connectivity index (χ0n) is 14.3. The van der Waals surface area contributed by atoms with Crippen molar-refractivity contribution in [1.29, 1.82) is 0 Å². The summed E-state index contributed by atoms with van der Waals surface area (Å²) in [6.07, 6.45) is -1.83. The van der Waals surface area contributed by atoms with Gasteiger partial charge in [0.05, 0.1) is 4.90 Å². The van der Waals surface area contributed by atoms with E-state index < -0.39 is 28.3 Å². The highest BCUT2D eigenvalue weighted by Gasteiger charge is 2.28. The van der Waals surface area contributed by atoms with Gasteiger partial charge in [-0.15, -0.1) is 0 Å². The Balaban J connectivity index is 2.30. The van der Waals surface area contributed by atoms with Crippen molar-refractivity contribution in [2.75, 3.05) is 11.9 Å². The second kappa shape index (κ2) is 8.03. The number of anilines is 1. The van der Waals surface area contributed by atoms with Crippen LogP contribution in [0, 0.1) is 6.92 Å². The molecule has 2 atom stereocenters. The highest BCUT2D eigenvalue weighted by molar-refractivity contribution is 7.90. The molecule has 2 amide bonds. The Labute approximate surface area is 152 Å². The van der Waals surface area contributed by atoms with E-state index in [-0.39, 0.29) is 16.1 Å². The van der Waals surface area contributed by atoms with Crippen LogP contribution in [0.5, 0.6) is 0 Å². The molecule has 0 aromatic carbocycles. The van der Waals surface area contributed by atoms with E-state index in [4.69, 9.17) is 0 Å². The number of nitrogens with zero attached hydrogens (tertiary/aromatic N) is 3. The van der Waals surface area contributed by atoms with Crippen molar-refractivity contribution >= 4 is 30.2 Å². The van der Waals surface area contributed by atoms with Gasteiger partial charge in [0, 0.05) is 24.2 Å². The third-order valence-corrected chi connectivity index (χ3v) is 6.05. The van der Waals surface area contributed by atoms with E-state index in [0.717, 1.165) is 11.8 Å². The van der Waals surface area contributed by atoms with Crippen molar-refractivity contribution in [1.82, 2.24) is 14.7 Å². The molecule has 0 spiro atoms. The lowest BCUT2D eigenvalue weighted by molar-refractivity contribution is 0.0891. The molecule has 0 aliphatic rings. The Morgan fingerprint density at radius 2 is 2.12 bits per heavy atom. The normalized spacial score (nSPS) is 14.0. The number of aromatic nitrogens is 2. The average molecular weight is 400 g/mol. The van der Waals surface area contributed by atoms with Crippen LogP contribution in [-0.2, 0) is 10.0 Å². The quantitative estimate of drug-likeness (QED) is 0.796. The number of hydrogen-bond donors (Lipinski definition) is 2. The van der Waals surface area contributed by atoms with E-state index in [9.17, 15) is 22.7 Å². The maximum atomic E-state index is 13.5. The molecule has 0 aliphatic heterocycles. The van der Waals surface area contributed by atoms with E-state index in [1.54, 1.807) is 18.8 Å². The van der Waals surface area contributed by atoms with E-state index in [1.165, 1.54) is 25.4 Å². The van der Waals surface area contributed by atoms with E-state index >= 15 is 0 Å². The third kappa shape index (κ3) is 4.51. The minimum atomic E-state index is -4.33. The molecule has 0 radical (unpaired) electrons. The summed E-state index contributed by atoms with van der Waals surface area (Å²) in [5, 5.41) is 9.89. The molecule has 0 fully saturated rings. The zero-order chi connectivity index (χ0) is 19.5. The fourth-order valence-corrected chi connectivity index (χ4v) is 4.54. The van der Waals surface area contributed by atoms with Gasteiger partial charge in [-0.3, -0.25) is 4.90 Å². The number of rotatable bonds is 5. The summed E-state index contributed by atoms with van der Waals surface area (Å²) in [4.78, 5) is 20.8. The van der Waals surface area contributed by atoms with E-state index in [0.29, 0.717) is 13.9 Å². The molecule has 26 heavy (non-hydrogen) atoms. The molecule has 2 heterocycles. The van der Waals surface area contributed by atoms with Gasteiger partial charge in [-0.05, 0) is 31.8 Å². The lowest BCUT2D eigenvalue weighted by atomic mass is 10.2. The molecule has 0 aliphatic carbocycles. The first-order valence-corrected chi connectivity index (χ1v) is 9.95. The van der Waals surface area contributed by atoms with Crippen LogP contribution in [-0.4, -0.2) is 42.7 Å². The van der Waals surface area contributed by atoms with Gasteiger partial charge in [-0.1, -0.05) is 14.3 Å². The highest BCUT2D eigenvalue weighted by atomic mass is 32.2. The largest absolute Gasteiger partial charge is 0.385 e. The Kier molecular flexibility index (Phi) is 6.22. The van der Waals surface area contributed by atoms with Crippen LogP contribution in [0.2, 0.25) is 0 Å². The number of urea groups is 1. The standard InChI is InChI=1S/C15H18FN4O4PS/c1-9-6-7-17-14(18-9)20(3)15(22)19-26(23,24)11-5-4-8-25-13(11)12(21)10(2)16/h4-8,10,12,21H,1-3H3,(H,19,22)/t10-,12-/m0/s1. The first-order valence-electron chi connectivity index (χ1n) is 7.50. The van der Waals surface area contributed by atoms with Gasteiger partial charge in [0.2, 0.25) is 5.95 Å². The monoisotopic (exact) mass is 400 g/mol. The van der Waals surface area contributed by atoms with Crippen LogP contribution in [0.4, 0.5) is 15.1 Å². The van der Waals surface area contributed by atoms with Gasteiger partial charge < -0.3 is 5.11 Å². The van der Waals surface area contributed by atoms with Gasteiger partial charge in [0.25, 0.3) is 10.0 Å². The number of aliphatic hydroxyl groups excluding tert-OH is 1. The number of carbonyl (C=O) groups excluding carboxylic acids is 1. The molecular formula is C15H18FN4O4PS. The van der Waals surface area contributed by atoms with Crippen LogP contribution >= 0.6 is 8.19 Å². The minimum Gasteiger partial charge on any atom is -0.385 e. The van der Waals surface area contributed by atoms with Crippen molar-refractivity contribution < 1.29 is 22.7 Å². The molecule has 2 aromatic rings. The number of aliphatic hydroxyl groups is 1. The third-order valence-electron chi connectivity index (χ3n) is 3.41. The van der Waals surface area contributed by atoms with Gasteiger partial charge in [0.15, 0.2) is 0 Å².